The first-order valence-electron chi connectivity index (χ1n) is 5.86. The Morgan fingerprint density at radius 1 is 1.16 bits per heavy atom. The first-order chi connectivity index (χ1) is 9.04. The minimum atomic E-state index is -0.170. The highest BCUT2D eigenvalue weighted by Crippen LogP contribution is 2.19. The zero-order valence-corrected chi connectivity index (χ0v) is 12.4. The summed E-state index contributed by atoms with van der Waals surface area (Å²) in [5.41, 5.74) is 0. The fourth-order valence-corrected chi connectivity index (χ4v) is 3.04. The molecule has 0 radical (unpaired) electrons. The summed E-state index contributed by atoms with van der Waals surface area (Å²) in [6.07, 6.45) is 2.13. The number of thiazole rings is 1. The van der Waals surface area contributed by atoms with Crippen molar-refractivity contribution in [1.82, 2.24) is 4.98 Å². The summed E-state index contributed by atoms with van der Waals surface area (Å²) >= 11 is 2.89. The van der Waals surface area contributed by atoms with E-state index in [4.69, 9.17) is 0 Å². The molecule has 0 aliphatic heterocycles. The Labute approximate surface area is 119 Å². The van der Waals surface area contributed by atoms with Crippen LogP contribution in [0.15, 0.2) is 18.3 Å². The summed E-state index contributed by atoms with van der Waals surface area (Å²) in [5, 5.41) is 3.28. The van der Waals surface area contributed by atoms with Gasteiger partial charge in [-0.1, -0.05) is 0 Å². The number of aryl methyl sites for hydroxylation is 2. The van der Waals surface area contributed by atoms with Crippen LogP contribution < -0.4 is 5.32 Å². The minimum absolute atomic E-state index is 0.0172. The van der Waals surface area contributed by atoms with Crippen LogP contribution in [0.5, 0.6) is 0 Å². The molecule has 2 heterocycles. The second kappa shape index (κ2) is 6.08. The van der Waals surface area contributed by atoms with E-state index >= 15 is 0 Å². The second-order valence-electron chi connectivity index (χ2n) is 4.16. The number of nitrogens with one attached hydrogen (secondary N) is 1. The van der Waals surface area contributed by atoms with E-state index in [-0.39, 0.29) is 24.5 Å². The predicted octanol–water partition coefficient (Wildman–Crippen LogP) is 3.42. The van der Waals surface area contributed by atoms with E-state index in [2.05, 4.69) is 10.3 Å². The first-order valence-corrected chi connectivity index (χ1v) is 7.50. The molecule has 0 bridgehead atoms. The monoisotopic (exact) mass is 294 g/mol. The molecule has 0 spiro atoms. The number of carbonyl (C=O) groups is 2. The average molecular weight is 294 g/mol. The topological polar surface area (TPSA) is 59.1 Å². The molecule has 0 aliphatic rings. The van der Waals surface area contributed by atoms with Gasteiger partial charge in [-0.2, -0.15) is 0 Å². The highest BCUT2D eigenvalue weighted by Gasteiger charge is 2.12. The lowest BCUT2D eigenvalue weighted by Gasteiger charge is -2.00. The van der Waals surface area contributed by atoms with E-state index in [1.54, 1.807) is 6.20 Å². The zero-order valence-electron chi connectivity index (χ0n) is 10.7. The number of amides is 1. The summed E-state index contributed by atoms with van der Waals surface area (Å²) in [5.74, 6) is -0.153. The lowest BCUT2D eigenvalue weighted by Crippen LogP contribution is -2.12. The fourth-order valence-electron chi connectivity index (χ4n) is 1.53. The molecule has 0 atom stereocenters. The fraction of sp³-hybridized carbons (Fsp3) is 0.308. The number of carbonyl (C=O) groups excluding carboxylic acids is 2. The van der Waals surface area contributed by atoms with Crippen LogP contribution in [0.3, 0.4) is 0 Å². The summed E-state index contributed by atoms with van der Waals surface area (Å²) < 4.78 is 0. The van der Waals surface area contributed by atoms with Crippen LogP contribution in [-0.4, -0.2) is 16.7 Å². The molecule has 0 unspecified atom stereocenters. The molecular weight excluding hydrogens is 280 g/mol. The average Bonchev–Trinajstić information content (AvgIpc) is 2.95. The largest absolute Gasteiger partial charge is 0.302 e. The Bertz CT molecular complexity index is 601. The highest BCUT2D eigenvalue weighted by molar-refractivity contribution is 7.15. The molecule has 1 N–H and O–H groups in total. The minimum Gasteiger partial charge on any atom is -0.302 e. The molecule has 2 aromatic heterocycles. The van der Waals surface area contributed by atoms with Crippen LogP contribution in [0, 0.1) is 13.8 Å². The summed E-state index contributed by atoms with van der Waals surface area (Å²) in [7, 11) is 0. The van der Waals surface area contributed by atoms with Crippen LogP contribution in [0.25, 0.3) is 0 Å². The van der Waals surface area contributed by atoms with E-state index in [9.17, 15) is 9.59 Å². The van der Waals surface area contributed by atoms with Gasteiger partial charge in [0.2, 0.25) is 5.91 Å². The molecule has 0 saturated carbocycles. The van der Waals surface area contributed by atoms with Gasteiger partial charge in [0, 0.05) is 28.8 Å². The third kappa shape index (κ3) is 3.97. The number of rotatable bonds is 5. The predicted molar refractivity (Wildman–Crippen MR) is 78.1 cm³/mol. The van der Waals surface area contributed by atoms with Crippen molar-refractivity contribution in [3.63, 3.8) is 0 Å². The number of thiophene rings is 1. The van der Waals surface area contributed by atoms with E-state index in [0.717, 1.165) is 14.6 Å². The standard InChI is InChI=1S/C13H14N2O2S2/c1-8-3-5-11(18-8)10(16)4-6-12(17)15-13-14-7-9(2)19-13/h3,5,7H,4,6H2,1-2H3,(H,14,15,17). The van der Waals surface area contributed by atoms with Gasteiger partial charge >= 0.3 is 0 Å². The van der Waals surface area contributed by atoms with Crippen molar-refractivity contribution in [3.05, 3.63) is 33.0 Å². The van der Waals surface area contributed by atoms with Gasteiger partial charge in [-0.15, -0.1) is 22.7 Å². The zero-order chi connectivity index (χ0) is 13.8. The molecule has 2 rings (SSSR count). The van der Waals surface area contributed by atoms with E-state index in [1.165, 1.54) is 22.7 Å². The molecule has 2 aromatic rings. The van der Waals surface area contributed by atoms with Gasteiger partial charge in [0.05, 0.1) is 4.88 Å². The Balaban J connectivity index is 1.82. The Morgan fingerprint density at radius 2 is 1.95 bits per heavy atom. The van der Waals surface area contributed by atoms with E-state index in [0.29, 0.717) is 5.13 Å². The van der Waals surface area contributed by atoms with Gasteiger partial charge in [-0.3, -0.25) is 9.59 Å². The Morgan fingerprint density at radius 3 is 2.53 bits per heavy atom. The number of aromatic nitrogens is 1. The molecule has 0 aliphatic carbocycles. The summed E-state index contributed by atoms with van der Waals surface area (Å²) in [6, 6.07) is 3.72. The number of Topliss-reactive ketones (excluding diaryl/α,β-unsaturated/α-hetero) is 1. The van der Waals surface area contributed by atoms with Crippen molar-refractivity contribution in [3.8, 4) is 0 Å². The first kappa shape index (κ1) is 13.9. The van der Waals surface area contributed by atoms with Crippen LogP contribution in [0.4, 0.5) is 5.13 Å². The molecule has 0 aromatic carbocycles. The molecule has 6 heteroatoms. The smallest absolute Gasteiger partial charge is 0.226 e. The Kier molecular flexibility index (Phi) is 4.44. The van der Waals surface area contributed by atoms with Crippen molar-refractivity contribution in [2.24, 2.45) is 0 Å². The SMILES string of the molecule is Cc1ccc(C(=O)CCC(=O)Nc2ncc(C)s2)s1. The summed E-state index contributed by atoms with van der Waals surface area (Å²) in [6.45, 7) is 3.88. The molecule has 0 fully saturated rings. The van der Waals surface area contributed by atoms with Crippen LogP contribution in [0.1, 0.15) is 32.3 Å². The maximum absolute atomic E-state index is 11.8. The maximum Gasteiger partial charge on any atom is 0.226 e. The molecule has 4 nitrogen and oxygen atoms in total. The van der Waals surface area contributed by atoms with E-state index in [1.807, 2.05) is 26.0 Å². The number of anilines is 1. The van der Waals surface area contributed by atoms with Crippen molar-refractivity contribution >= 4 is 39.5 Å². The number of ketones is 1. The number of hydrogen-bond donors (Lipinski definition) is 1. The molecule has 100 valence electrons. The maximum atomic E-state index is 11.8. The lowest BCUT2D eigenvalue weighted by molar-refractivity contribution is -0.116. The molecule has 19 heavy (non-hydrogen) atoms. The van der Waals surface area contributed by atoms with Crippen molar-refractivity contribution in [1.29, 1.82) is 0 Å². The van der Waals surface area contributed by atoms with Gasteiger partial charge < -0.3 is 5.32 Å². The van der Waals surface area contributed by atoms with Gasteiger partial charge in [0.25, 0.3) is 0 Å². The third-order valence-corrected chi connectivity index (χ3v) is 4.33. The van der Waals surface area contributed by atoms with Crippen molar-refractivity contribution in [2.75, 3.05) is 5.32 Å². The van der Waals surface area contributed by atoms with Gasteiger partial charge in [0.15, 0.2) is 10.9 Å². The number of nitrogens with zero attached hydrogens (tertiary/aromatic N) is 1. The van der Waals surface area contributed by atoms with Gasteiger partial charge in [0.1, 0.15) is 0 Å². The lowest BCUT2D eigenvalue weighted by atomic mass is 10.2. The highest BCUT2D eigenvalue weighted by atomic mass is 32.1. The van der Waals surface area contributed by atoms with Crippen molar-refractivity contribution in [2.45, 2.75) is 26.7 Å². The Hall–Kier alpha value is -1.53. The molecule has 0 saturated heterocycles. The van der Waals surface area contributed by atoms with Gasteiger partial charge in [-0.25, -0.2) is 4.98 Å². The normalized spacial score (nSPS) is 10.4. The molecular formula is C13H14N2O2S2. The van der Waals surface area contributed by atoms with Crippen LogP contribution in [-0.2, 0) is 4.79 Å². The summed E-state index contributed by atoms with van der Waals surface area (Å²) in [4.78, 5) is 30.4. The number of hydrogen-bond acceptors (Lipinski definition) is 5. The van der Waals surface area contributed by atoms with Crippen LogP contribution in [0.2, 0.25) is 0 Å². The quantitative estimate of drug-likeness (QED) is 0.860. The van der Waals surface area contributed by atoms with Crippen LogP contribution >= 0.6 is 22.7 Å². The third-order valence-electron chi connectivity index (χ3n) is 2.46. The van der Waals surface area contributed by atoms with Crippen molar-refractivity contribution < 1.29 is 9.59 Å². The second-order valence-corrected chi connectivity index (χ2v) is 6.68. The molecule has 1 amide bonds. The van der Waals surface area contributed by atoms with E-state index < -0.39 is 0 Å². The van der Waals surface area contributed by atoms with Gasteiger partial charge in [-0.05, 0) is 26.0 Å².